The van der Waals surface area contributed by atoms with Crippen LogP contribution in [0.25, 0.3) is 0 Å². The third-order valence-corrected chi connectivity index (χ3v) is 4.48. The van der Waals surface area contributed by atoms with Gasteiger partial charge in [0, 0.05) is 6.54 Å². The third kappa shape index (κ3) is 4.96. The normalized spacial score (nSPS) is 20.2. The fourth-order valence-corrected chi connectivity index (χ4v) is 3.28. The molecule has 132 valence electrons. The van der Waals surface area contributed by atoms with Crippen molar-refractivity contribution in [2.24, 2.45) is 5.73 Å². The minimum absolute atomic E-state index is 0.00445. The molecule has 1 aromatic carbocycles. The highest BCUT2D eigenvalue weighted by Gasteiger charge is 2.32. The van der Waals surface area contributed by atoms with Gasteiger partial charge in [-0.2, -0.15) is 0 Å². The Balaban J connectivity index is 1.92. The molecule has 1 aromatic rings. The molecular formula is C18H27N3O3. The van der Waals surface area contributed by atoms with Crippen molar-refractivity contribution in [3.63, 3.8) is 0 Å². The van der Waals surface area contributed by atoms with Crippen LogP contribution >= 0.6 is 0 Å². The first-order valence-electron chi connectivity index (χ1n) is 8.62. The van der Waals surface area contributed by atoms with Crippen LogP contribution in [-0.4, -0.2) is 42.1 Å². The van der Waals surface area contributed by atoms with Crippen LogP contribution in [0.5, 0.6) is 0 Å². The number of alkyl carbamates (subject to hydrolysis) is 1. The summed E-state index contributed by atoms with van der Waals surface area (Å²) in [6.07, 6.45) is 3.37. The Bertz CT molecular complexity index is 536. The van der Waals surface area contributed by atoms with Crippen molar-refractivity contribution in [1.82, 2.24) is 10.2 Å². The van der Waals surface area contributed by atoms with Crippen LogP contribution in [0.1, 0.15) is 38.2 Å². The third-order valence-electron chi connectivity index (χ3n) is 4.48. The molecule has 0 radical (unpaired) electrons. The lowest BCUT2D eigenvalue weighted by atomic mass is 9.89. The van der Waals surface area contributed by atoms with Crippen molar-refractivity contribution in [2.75, 3.05) is 13.1 Å². The fraction of sp³-hybridized carbons (Fsp3) is 0.556. The van der Waals surface area contributed by atoms with Crippen molar-refractivity contribution in [2.45, 2.75) is 51.3 Å². The van der Waals surface area contributed by atoms with Gasteiger partial charge >= 0.3 is 6.09 Å². The highest BCUT2D eigenvalue weighted by Crippen LogP contribution is 2.23. The average Bonchev–Trinajstić information content (AvgIpc) is 2.62. The summed E-state index contributed by atoms with van der Waals surface area (Å²) in [6.45, 7) is 2.77. The summed E-state index contributed by atoms with van der Waals surface area (Å²) < 4.78 is 5.30. The van der Waals surface area contributed by atoms with E-state index >= 15 is 0 Å². The number of nitrogens with zero attached hydrogens (tertiary/aromatic N) is 1. The summed E-state index contributed by atoms with van der Waals surface area (Å²) in [5.74, 6) is -0.0751. The number of nitrogens with two attached hydrogens (primary N) is 1. The van der Waals surface area contributed by atoms with E-state index in [0.717, 1.165) is 31.2 Å². The van der Waals surface area contributed by atoms with Crippen LogP contribution in [0.15, 0.2) is 30.3 Å². The number of carbonyl (C=O) groups excluding carboxylic acids is 2. The maximum absolute atomic E-state index is 12.1. The predicted molar refractivity (Wildman–Crippen MR) is 92.2 cm³/mol. The summed E-state index contributed by atoms with van der Waals surface area (Å²) in [7, 11) is 0. The highest BCUT2D eigenvalue weighted by atomic mass is 16.5. The lowest BCUT2D eigenvalue weighted by Crippen LogP contribution is -2.56. The Hall–Kier alpha value is -2.08. The zero-order valence-electron chi connectivity index (χ0n) is 14.2. The molecule has 2 rings (SSSR count). The van der Waals surface area contributed by atoms with Crippen molar-refractivity contribution in [3.8, 4) is 0 Å². The lowest BCUT2D eigenvalue weighted by molar-refractivity contribution is -0.133. The molecule has 0 spiro atoms. The molecule has 2 atom stereocenters. The van der Waals surface area contributed by atoms with Crippen molar-refractivity contribution < 1.29 is 14.3 Å². The molecule has 2 amide bonds. The van der Waals surface area contributed by atoms with Gasteiger partial charge in [0.15, 0.2) is 0 Å². The van der Waals surface area contributed by atoms with Gasteiger partial charge in [-0.15, -0.1) is 0 Å². The van der Waals surface area contributed by atoms with E-state index in [1.807, 2.05) is 37.3 Å². The summed E-state index contributed by atoms with van der Waals surface area (Å²) in [5.41, 5.74) is 6.46. The minimum atomic E-state index is -0.438. The number of carbonyl (C=O) groups is 2. The van der Waals surface area contributed by atoms with Crippen LogP contribution in [0.2, 0.25) is 0 Å². The molecule has 24 heavy (non-hydrogen) atoms. The van der Waals surface area contributed by atoms with Gasteiger partial charge in [-0.05, 0) is 25.3 Å². The average molecular weight is 333 g/mol. The molecular weight excluding hydrogens is 306 g/mol. The molecule has 0 saturated heterocycles. The van der Waals surface area contributed by atoms with E-state index in [4.69, 9.17) is 10.5 Å². The molecule has 6 heteroatoms. The Morgan fingerprint density at radius 3 is 2.62 bits per heavy atom. The molecule has 1 aliphatic carbocycles. The van der Waals surface area contributed by atoms with Crippen molar-refractivity contribution in [1.29, 1.82) is 0 Å². The van der Waals surface area contributed by atoms with Crippen molar-refractivity contribution in [3.05, 3.63) is 35.9 Å². The number of nitrogens with one attached hydrogen (secondary N) is 1. The Morgan fingerprint density at radius 2 is 1.96 bits per heavy atom. The second-order valence-electron chi connectivity index (χ2n) is 6.05. The molecule has 0 aromatic heterocycles. The van der Waals surface area contributed by atoms with Gasteiger partial charge in [0.2, 0.25) is 5.91 Å². The number of hydrogen-bond acceptors (Lipinski definition) is 4. The van der Waals surface area contributed by atoms with Gasteiger partial charge in [0.05, 0.1) is 18.6 Å². The van der Waals surface area contributed by atoms with Gasteiger partial charge in [-0.1, -0.05) is 43.2 Å². The number of benzene rings is 1. The van der Waals surface area contributed by atoms with Crippen LogP contribution in [0.4, 0.5) is 4.79 Å². The molecule has 3 N–H and O–H groups in total. The first kappa shape index (κ1) is 18.3. The second kappa shape index (κ2) is 9.27. The number of likely N-dealkylation sites (N-methyl/N-ethyl adjacent to an activating group) is 1. The van der Waals surface area contributed by atoms with E-state index in [0.29, 0.717) is 6.54 Å². The largest absolute Gasteiger partial charge is 0.445 e. The highest BCUT2D eigenvalue weighted by molar-refractivity contribution is 5.78. The quantitative estimate of drug-likeness (QED) is 0.834. The summed E-state index contributed by atoms with van der Waals surface area (Å²) in [5, 5.41) is 2.94. The Morgan fingerprint density at radius 1 is 1.25 bits per heavy atom. The minimum Gasteiger partial charge on any atom is -0.445 e. The van der Waals surface area contributed by atoms with Crippen molar-refractivity contribution >= 4 is 12.0 Å². The standard InChI is InChI=1S/C18H27N3O3/c1-2-21(17(22)12-19)16-11-7-6-10-15(16)20-18(23)24-13-14-8-4-3-5-9-14/h3-5,8-9,15-16H,2,6-7,10-13,19H2,1H3,(H,20,23)/t15-,16-/m0/s1. The van der Waals surface area contributed by atoms with E-state index in [-0.39, 0.29) is 31.1 Å². The maximum atomic E-state index is 12.1. The lowest BCUT2D eigenvalue weighted by Gasteiger charge is -2.39. The molecule has 6 nitrogen and oxygen atoms in total. The smallest absolute Gasteiger partial charge is 0.407 e. The van der Waals surface area contributed by atoms with E-state index in [9.17, 15) is 9.59 Å². The van der Waals surface area contributed by atoms with Gasteiger partial charge in [-0.25, -0.2) is 4.79 Å². The van der Waals surface area contributed by atoms with E-state index in [2.05, 4.69) is 5.32 Å². The summed E-state index contributed by atoms with van der Waals surface area (Å²) in [4.78, 5) is 25.9. The second-order valence-corrected chi connectivity index (χ2v) is 6.05. The summed E-state index contributed by atoms with van der Waals surface area (Å²) in [6, 6.07) is 9.47. The SMILES string of the molecule is CCN(C(=O)CN)[C@H]1CCCC[C@@H]1NC(=O)OCc1ccccc1. The number of amides is 2. The van der Waals surface area contributed by atoms with E-state index in [1.165, 1.54) is 0 Å². The predicted octanol–water partition coefficient (Wildman–Crippen LogP) is 2.03. The number of hydrogen-bond donors (Lipinski definition) is 2. The van der Waals surface area contributed by atoms with Gasteiger partial charge in [0.1, 0.15) is 6.61 Å². The Kier molecular flexibility index (Phi) is 7.06. The molecule has 1 aliphatic rings. The molecule has 0 aliphatic heterocycles. The molecule has 1 fully saturated rings. The van der Waals surface area contributed by atoms with Crippen LogP contribution in [0.3, 0.4) is 0 Å². The molecule has 0 heterocycles. The first-order valence-corrected chi connectivity index (χ1v) is 8.62. The molecule has 1 saturated carbocycles. The van der Waals surface area contributed by atoms with E-state index < -0.39 is 6.09 Å². The maximum Gasteiger partial charge on any atom is 0.407 e. The zero-order chi connectivity index (χ0) is 17.4. The van der Waals surface area contributed by atoms with Gasteiger partial charge in [0.25, 0.3) is 0 Å². The topological polar surface area (TPSA) is 84.7 Å². The number of ether oxygens (including phenoxy) is 1. The van der Waals surface area contributed by atoms with Crippen LogP contribution < -0.4 is 11.1 Å². The monoisotopic (exact) mass is 333 g/mol. The van der Waals surface area contributed by atoms with E-state index in [1.54, 1.807) is 4.90 Å². The zero-order valence-corrected chi connectivity index (χ0v) is 14.2. The van der Waals surface area contributed by atoms with Gasteiger partial charge < -0.3 is 20.7 Å². The molecule has 0 unspecified atom stereocenters. The van der Waals surface area contributed by atoms with Crippen LogP contribution in [0, 0.1) is 0 Å². The fourth-order valence-electron chi connectivity index (χ4n) is 3.28. The van der Waals surface area contributed by atoms with Crippen LogP contribution in [-0.2, 0) is 16.1 Å². The number of rotatable bonds is 6. The first-order chi connectivity index (χ1) is 11.7. The Labute approximate surface area is 143 Å². The van der Waals surface area contributed by atoms with Gasteiger partial charge in [-0.3, -0.25) is 4.79 Å². The summed E-state index contributed by atoms with van der Waals surface area (Å²) >= 11 is 0. The molecule has 0 bridgehead atoms.